The van der Waals surface area contributed by atoms with Gasteiger partial charge in [0.15, 0.2) is 0 Å². The van der Waals surface area contributed by atoms with Gasteiger partial charge in [-0.1, -0.05) is 30.3 Å². The molecule has 2 rings (SSSR count). The molecule has 1 aliphatic rings. The second-order valence-electron chi connectivity index (χ2n) is 5.20. The molecule has 4 heteroatoms. The molecule has 1 amide bonds. The summed E-state index contributed by atoms with van der Waals surface area (Å²) in [5.74, 6) is -0.536. The van der Waals surface area contributed by atoms with Gasteiger partial charge in [-0.3, -0.25) is 4.79 Å². The number of benzene rings is 1. The number of methoxy groups -OCH3 is 1. The first-order valence-electron chi connectivity index (χ1n) is 7.08. The fourth-order valence-electron chi connectivity index (χ4n) is 2.71. The van der Waals surface area contributed by atoms with E-state index in [1.165, 1.54) is 7.11 Å². The Morgan fingerprint density at radius 3 is 2.60 bits per heavy atom. The summed E-state index contributed by atoms with van der Waals surface area (Å²) in [7, 11) is 1.38. The Balaban J connectivity index is 2.15. The first kappa shape index (κ1) is 14.6. The molecule has 1 heterocycles. The fourth-order valence-corrected chi connectivity index (χ4v) is 2.71. The maximum atomic E-state index is 12.6. The Labute approximate surface area is 119 Å². The Morgan fingerprint density at radius 2 is 1.95 bits per heavy atom. The number of likely N-dealkylation sites (tertiary alicyclic amines) is 1. The predicted molar refractivity (Wildman–Crippen MR) is 76.2 cm³/mol. The van der Waals surface area contributed by atoms with Gasteiger partial charge in [0.05, 0.1) is 13.0 Å². The van der Waals surface area contributed by atoms with Crippen LogP contribution in [0.15, 0.2) is 30.3 Å². The van der Waals surface area contributed by atoms with Gasteiger partial charge in [0.2, 0.25) is 5.91 Å². The second kappa shape index (κ2) is 6.55. The normalized spacial score (nSPS) is 20.3. The van der Waals surface area contributed by atoms with E-state index in [1.807, 2.05) is 37.3 Å². The van der Waals surface area contributed by atoms with Crippen LogP contribution in [0.4, 0.5) is 0 Å². The number of nitrogens with zero attached hydrogens (tertiary/aromatic N) is 1. The first-order valence-corrected chi connectivity index (χ1v) is 7.08. The van der Waals surface area contributed by atoms with Crippen molar-refractivity contribution in [3.8, 4) is 0 Å². The average molecular weight is 275 g/mol. The standard InChI is InChI=1S/C16H21NO3/c1-12(13-8-4-3-5-9-13)15(18)17-11-7-6-10-14(17)16(19)20-2/h3-5,8-9,12,14H,6-7,10-11H2,1-2H3. The molecule has 0 saturated carbocycles. The third kappa shape index (κ3) is 3.00. The van der Waals surface area contributed by atoms with Gasteiger partial charge < -0.3 is 9.64 Å². The van der Waals surface area contributed by atoms with E-state index in [0.717, 1.165) is 18.4 Å². The van der Waals surface area contributed by atoms with Crippen LogP contribution in [0.5, 0.6) is 0 Å². The van der Waals surface area contributed by atoms with E-state index >= 15 is 0 Å². The molecular weight excluding hydrogens is 254 g/mol. The van der Waals surface area contributed by atoms with Crippen molar-refractivity contribution in [3.63, 3.8) is 0 Å². The second-order valence-corrected chi connectivity index (χ2v) is 5.20. The molecule has 2 atom stereocenters. The van der Waals surface area contributed by atoms with Crippen LogP contribution in [0.1, 0.15) is 37.7 Å². The monoisotopic (exact) mass is 275 g/mol. The lowest BCUT2D eigenvalue weighted by molar-refractivity contribution is -0.155. The number of hydrogen-bond acceptors (Lipinski definition) is 3. The minimum absolute atomic E-state index is 0.00583. The van der Waals surface area contributed by atoms with Gasteiger partial charge in [0.25, 0.3) is 0 Å². The molecule has 1 aliphatic heterocycles. The summed E-state index contributed by atoms with van der Waals surface area (Å²) in [5.41, 5.74) is 0.978. The van der Waals surface area contributed by atoms with Crippen molar-refractivity contribution < 1.29 is 14.3 Å². The number of ether oxygens (including phenoxy) is 1. The van der Waals surface area contributed by atoms with E-state index in [2.05, 4.69) is 0 Å². The molecule has 1 aromatic carbocycles. The summed E-state index contributed by atoms with van der Waals surface area (Å²) >= 11 is 0. The molecule has 1 aromatic rings. The Bertz CT molecular complexity index is 472. The minimum atomic E-state index is -0.424. The van der Waals surface area contributed by atoms with E-state index in [1.54, 1.807) is 4.90 Å². The van der Waals surface area contributed by atoms with Gasteiger partial charge >= 0.3 is 5.97 Å². The van der Waals surface area contributed by atoms with Crippen LogP contribution < -0.4 is 0 Å². The molecule has 0 bridgehead atoms. The molecule has 0 aliphatic carbocycles. The molecule has 1 saturated heterocycles. The van der Waals surface area contributed by atoms with Crippen LogP contribution in [0.2, 0.25) is 0 Å². The van der Waals surface area contributed by atoms with Gasteiger partial charge in [-0.05, 0) is 31.7 Å². The highest BCUT2D eigenvalue weighted by Crippen LogP contribution is 2.24. The lowest BCUT2D eigenvalue weighted by atomic mass is 9.95. The summed E-state index contributed by atoms with van der Waals surface area (Å²) in [4.78, 5) is 26.2. The zero-order valence-electron chi connectivity index (χ0n) is 12.0. The maximum Gasteiger partial charge on any atom is 0.328 e. The molecule has 0 radical (unpaired) electrons. The van der Waals surface area contributed by atoms with Gasteiger partial charge in [-0.2, -0.15) is 0 Å². The fraction of sp³-hybridized carbons (Fsp3) is 0.500. The molecule has 0 spiro atoms. The predicted octanol–water partition coefficient (Wildman–Crippen LogP) is 2.34. The van der Waals surface area contributed by atoms with Crippen LogP contribution in [0.3, 0.4) is 0 Å². The molecule has 1 fully saturated rings. The first-order chi connectivity index (χ1) is 9.65. The third-order valence-corrected chi connectivity index (χ3v) is 3.93. The number of amides is 1. The van der Waals surface area contributed by atoms with E-state index in [0.29, 0.717) is 13.0 Å². The van der Waals surface area contributed by atoms with Crippen LogP contribution in [0, 0.1) is 0 Å². The Hall–Kier alpha value is -1.84. The SMILES string of the molecule is COC(=O)C1CCCCN1C(=O)C(C)c1ccccc1. The topological polar surface area (TPSA) is 46.6 Å². The van der Waals surface area contributed by atoms with Crippen molar-refractivity contribution in [3.05, 3.63) is 35.9 Å². The highest BCUT2D eigenvalue weighted by Gasteiger charge is 2.34. The summed E-state index contributed by atoms with van der Waals surface area (Å²) in [6.07, 6.45) is 2.60. The molecule has 20 heavy (non-hydrogen) atoms. The lowest BCUT2D eigenvalue weighted by Crippen LogP contribution is -2.49. The zero-order valence-corrected chi connectivity index (χ0v) is 12.0. The summed E-state index contributed by atoms with van der Waals surface area (Å²) < 4.78 is 4.82. The molecule has 0 N–H and O–H groups in total. The molecule has 108 valence electrons. The number of carbonyl (C=O) groups excluding carboxylic acids is 2. The van der Waals surface area contributed by atoms with Crippen molar-refractivity contribution in [1.29, 1.82) is 0 Å². The summed E-state index contributed by atoms with van der Waals surface area (Å²) in [5, 5.41) is 0. The Morgan fingerprint density at radius 1 is 1.25 bits per heavy atom. The van der Waals surface area contributed by atoms with Gasteiger partial charge in [0, 0.05) is 6.54 Å². The van der Waals surface area contributed by atoms with Crippen LogP contribution >= 0.6 is 0 Å². The van der Waals surface area contributed by atoms with Crippen LogP contribution in [-0.4, -0.2) is 36.5 Å². The van der Waals surface area contributed by atoms with Gasteiger partial charge in [-0.25, -0.2) is 4.79 Å². The maximum absolute atomic E-state index is 12.6. The highest BCUT2D eigenvalue weighted by molar-refractivity contribution is 5.88. The summed E-state index contributed by atoms with van der Waals surface area (Å²) in [6, 6.07) is 9.24. The van der Waals surface area contributed by atoms with E-state index in [-0.39, 0.29) is 17.8 Å². The number of carbonyl (C=O) groups is 2. The zero-order chi connectivity index (χ0) is 14.5. The number of esters is 1. The van der Waals surface area contributed by atoms with Crippen LogP contribution in [0.25, 0.3) is 0 Å². The van der Waals surface area contributed by atoms with Crippen molar-refractivity contribution >= 4 is 11.9 Å². The smallest absolute Gasteiger partial charge is 0.328 e. The lowest BCUT2D eigenvalue weighted by Gasteiger charge is -2.35. The van der Waals surface area contributed by atoms with Crippen molar-refractivity contribution in [2.75, 3.05) is 13.7 Å². The number of hydrogen-bond donors (Lipinski definition) is 0. The van der Waals surface area contributed by atoms with Gasteiger partial charge in [0.1, 0.15) is 6.04 Å². The highest BCUT2D eigenvalue weighted by atomic mass is 16.5. The van der Waals surface area contributed by atoms with E-state index in [4.69, 9.17) is 4.74 Å². The Kier molecular flexibility index (Phi) is 4.77. The molecule has 2 unspecified atom stereocenters. The van der Waals surface area contributed by atoms with E-state index < -0.39 is 6.04 Å². The van der Waals surface area contributed by atoms with Crippen molar-refractivity contribution in [1.82, 2.24) is 4.90 Å². The largest absolute Gasteiger partial charge is 0.467 e. The van der Waals surface area contributed by atoms with Crippen LogP contribution in [-0.2, 0) is 14.3 Å². The van der Waals surface area contributed by atoms with E-state index in [9.17, 15) is 9.59 Å². The quantitative estimate of drug-likeness (QED) is 0.795. The molecule has 4 nitrogen and oxygen atoms in total. The van der Waals surface area contributed by atoms with Crippen molar-refractivity contribution in [2.24, 2.45) is 0 Å². The average Bonchev–Trinajstić information content (AvgIpc) is 2.53. The third-order valence-electron chi connectivity index (χ3n) is 3.93. The number of piperidine rings is 1. The van der Waals surface area contributed by atoms with Crippen molar-refractivity contribution in [2.45, 2.75) is 38.1 Å². The molecular formula is C16H21NO3. The number of rotatable bonds is 3. The molecule has 0 aromatic heterocycles. The van der Waals surface area contributed by atoms with Gasteiger partial charge in [-0.15, -0.1) is 0 Å². The summed E-state index contributed by atoms with van der Waals surface area (Å²) in [6.45, 7) is 2.52. The minimum Gasteiger partial charge on any atom is -0.467 e.